The Labute approximate surface area is 127 Å². The minimum atomic E-state index is -0.306. The van der Waals surface area contributed by atoms with Gasteiger partial charge in [0.05, 0.1) is 23.9 Å². The topological polar surface area (TPSA) is 53.2 Å². The maximum Gasteiger partial charge on any atom is 0.155 e. The molecule has 0 saturated heterocycles. The fourth-order valence-electron chi connectivity index (χ4n) is 2.69. The third-order valence-electron chi connectivity index (χ3n) is 3.75. The maximum absolute atomic E-state index is 13.1. The highest BCUT2D eigenvalue weighted by molar-refractivity contribution is 6.09. The van der Waals surface area contributed by atoms with Crippen LogP contribution < -0.4 is 0 Å². The van der Waals surface area contributed by atoms with E-state index in [0.29, 0.717) is 12.0 Å². The summed E-state index contributed by atoms with van der Waals surface area (Å²) in [7, 11) is 0. The van der Waals surface area contributed by atoms with E-state index in [-0.39, 0.29) is 24.1 Å². The molecule has 0 bridgehead atoms. The normalized spacial score (nSPS) is 17.7. The van der Waals surface area contributed by atoms with Crippen molar-refractivity contribution in [2.45, 2.75) is 12.3 Å². The van der Waals surface area contributed by atoms with Crippen LogP contribution in [0.15, 0.2) is 53.5 Å². The first-order valence-corrected chi connectivity index (χ1v) is 6.99. The zero-order chi connectivity index (χ0) is 15.5. The molecule has 3 nitrogen and oxygen atoms in total. The van der Waals surface area contributed by atoms with Crippen LogP contribution in [0.1, 0.15) is 29.0 Å². The number of rotatable bonds is 2. The van der Waals surface area contributed by atoms with E-state index in [4.69, 9.17) is 5.26 Å². The van der Waals surface area contributed by atoms with Gasteiger partial charge >= 0.3 is 0 Å². The van der Waals surface area contributed by atoms with Crippen LogP contribution >= 0.6 is 0 Å². The first-order chi connectivity index (χ1) is 10.7. The predicted molar refractivity (Wildman–Crippen MR) is 81.3 cm³/mol. The lowest BCUT2D eigenvalue weighted by atomic mass is 9.83. The van der Waals surface area contributed by atoms with Crippen LogP contribution in [0.5, 0.6) is 0 Å². The Morgan fingerprint density at radius 3 is 2.68 bits per heavy atom. The SMILES string of the molecule is N#Cc1cccc(C2CC(=O)CN=C2c2ccc(F)cc2)c1. The van der Waals surface area contributed by atoms with Crippen LogP contribution in [-0.2, 0) is 4.79 Å². The number of carbonyl (C=O) groups excluding carboxylic acids is 1. The number of nitriles is 1. The number of carbonyl (C=O) groups is 1. The van der Waals surface area contributed by atoms with Gasteiger partial charge in [0.15, 0.2) is 5.78 Å². The molecular formula is C18H13FN2O. The average Bonchev–Trinajstić information content (AvgIpc) is 2.56. The molecule has 0 amide bonds. The van der Waals surface area contributed by atoms with Crippen LogP contribution in [0.2, 0.25) is 0 Å². The van der Waals surface area contributed by atoms with E-state index >= 15 is 0 Å². The number of Topliss-reactive ketones (excluding diaryl/α,β-unsaturated/α-hetero) is 1. The summed E-state index contributed by atoms with van der Waals surface area (Å²) in [4.78, 5) is 16.2. The smallest absolute Gasteiger partial charge is 0.155 e. The van der Waals surface area contributed by atoms with Gasteiger partial charge in [0.25, 0.3) is 0 Å². The number of benzene rings is 2. The lowest BCUT2D eigenvalue weighted by Crippen LogP contribution is -2.25. The minimum absolute atomic E-state index is 0.0678. The number of halogens is 1. The molecule has 1 aliphatic rings. The summed E-state index contributed by atoms with van der Waals surface area (Å²) in [5.41, 5.74) is 3.01. The second kappa shape index (κ2) is 5.90. The first kappa shape index (κ1) is 14.2. The molecular weight excluding hydrogens is 279 g/mol. The first-order valence-electron chi connectivity index (χ1n) is 6.99. The molecule has 4 heteroatoms. The number of ketones is 1. The van der Waals surface area contributed by atoms with Gasteiger partial charge in [-0.1, -0.05) is 24.3 Å². The Morgan fingerprint density at radius 2 is 1.95 bits per heavy atom. The molecule has 108 valence electrons. The summed E-state index contributed by atoms with van der Waals surface area (Å²) in [6, 6.07) is 15.4. The summed E-state index contributed by atoms with van der Waals surface area (Å²) in [6.45, 7) is 0.154. The van der Waals surface area contributed by atoms with E-state index in [1.54, 1.807) is 30.3 Å². The Hall–Kier alpha value is -2.80. The molecule has 0 spiro atoms. The highest BCUT2D eigenvalue weighted by atomic mass is 19.1. The number of hydrogen-bond acceptors (Lipinski definition) is 3. The summed E-state index contributed by atoms with van der Waals surface area (Å²) in [6.07, 6.45) is 0.352. The van der Waals surface area contributed by atoms with Gasteiger partial charge in [-0.05, 0) is 35.4 Å². The average molecular weight is 292 g/mol. The lowest BCUT2D eigenvalue weighted by Gasteiger charge is -2.23. The Kier molecular flexibility index (Phi) is 3.80. The third-order valence-corrected chi connectivity index (χ3v) is 3.75. The van der Waals surface area contributed by atoms with Crippen molar-refractivity contribution in [3.63, 3.8) is 0 Å². The highest BCUT2D eigenvalue weighted by Crippen LogP contribution is 2.29. The molecule has 1 atom stereocenters. The van der Waals surface area contributed by atoms with Crippen molar-refractivity contribution >= 4 is 11.5 Å². The molecule has 22 heavy (non-hydrogen) atoms. The van der Waals surface area contributed by atoms with Crippen molar-refractivity contribution in [3.8, 4) is 6.07 Å². The summed E-state index contributed by atoms with van der Waals surface area (Å²) in [5, 5.41) is 9.04. The Balaban J connectivity index is 2.04. The van der Waals surface area contributed by atoms with Crippen molar-refractivity contribution in [2.24, 2.45) is 4.99 Å². The summed E-state index contributed by atoms with van der Waals surface area (Å²) >= 11 is 0. The predicted octanol–water partition coefficient (Wildman–Crippen LogP) is 3.24. The van der Waals surface area contributed by atoms with E-state index in [1.807, 2.05) is 6.07 Å². The van der Waals surface area contributed by atoms with E-state index < -0.39 is 0 Å². The van der Waals surface area contributed by atoms with Crippen LogP contribution in [0.4, 0.5) is 4.39 Å². The van der Waals surface area contributed by atoms with Crippen molar-refractivity contribution < 1.29 is 9.18 Å². The molecule has 1 unspecified atom stereocenters. The van der Waals surface area contributed by atoms with Gasteiger partial charge in [0, 0.05) is 12.3 Å². The van der Waals surface area contributed by atoms with Crippen LogP contribution in [-0.4, -0.2) is 18.0 Å². The van der Waals surface area contributed by atoms with Gasteiger partial charge in [-0.25, -0.2) is 4.39 Å². The van der Waals surface area contributed by atoms with Crippen molar-refractivity contribution in [1.82, 2.24) is 0 Å². The molecule has 0 aromatic heterocycles. The fraction of sp³-hybridized carbons (Fsp3) is 0.167. The lowest BCUT2D eigenvalue weighted by molar-refractivity contribution is -0.118. The van der Waals surface area contributed by atoms with Crippen LogP contribution in [0.25, 0.3) is 0 Å². The van der Waals surface area contributed by atoms with Gasteiger partial charge in [-0.2, -0.15) is 5.26 Å². The quantitative estimate of drug-likeness (QED) is 0.853. The molecule has 2 aromatic carbocycles. The maximum atomic E-state index is 13.1. The molecule has 0 radical (unpaired) electrons. The van der Waals surface area contributed by atoms with Gasteiger partial charge in [0.1, 0.15) is 5.82 Å². The van der Waals surface area contributed by atoms with E-state index in [1.165, 1.54) is 12.1 Å². The third kappa shape index (κ3) is 2.79. The zero-order valence-electron chi connectivity index (χ0n) is 11.8. The highest BCUT2D eigenvalue weighted by Gasteiger charge is 2.26. The Bertz CT molecular complexity index is 787. The van der Waals surface area contributed by atoms with E-state index in [9.17, 15) is 9.18 Å². The number of nitrogens with zero attached hydrogens (tertiary/aromatic N) is 2. The largest absolute Gasteiger partial charge is 0.298 e. The summed E-state index contributed by atoms with van der Waals surface area (Å²) < 4.78 is 13.1. The molecule has 0 fully saturated rings. The van der Waals surface area contributed by atoms with Gasteiger partial charge in [0.2, 0.25) is 0 Å². The molecule has 0 N–H and O–H groups in total. The minimum Gasteiger partial charge on any atom is -0.298 e. The standard InChI is InChI=1S/C18H13FN2O/c19-15-6-4-13(5-7-15)18-17(9-16(22)11-21-18)14-3-1-2-12(8-14)10-20/h1-8,17H,9,11H2. The molecule has 3 rings (SSSR count). The second-order valence-corrected chi connectivity index (χ2v) is 5.24. The van der Waals surface area contributed by atoms with Crippen LogP contribution in [0, 0.1) is 17.1 Å². The molecule has 0 aliphatic carbocycles. The number of hydrogen-bond donors (Lipinski definition) is 0. The monoisotopic (exact) mass is 292 g/mol. The molecule has 1 aliphatic heterocycles. The second-order valence-electron chi connectivity index (χ2n) is 5.24. The molecule has 1 heterocycles. The van der Waals surface area contributed by atoms with Crippen molar-refractivity contribution in [3.05, 3.63) is 71.0 Å². The number of aliphatic imine (C=N–C) groups is 1. The van der Waals surface area contributed by atoms with Crippen molar-refractivity contribution in [1.29, 1.82) is 5.26 Å². The van der Waals surface area contributed by atoms with Gasteiger partial charge < -0.3 is 0 Å². The van der Waals surface area contributed by atoms with E-state index in [0.717, 1.165) is 16.8 Å². The fourth-order valence-corrected chi connectivity index (χ4v) is 2.69. The van der Waals surface area contributed by atoms with Gasteiger partial charge in [-0.15, -0.1) is 0 Å². The zero-order valence-corrected chi connectivity index (χ0v) is 11.8. The van der Waals surface area contributed by atoms with Gasteiger partial charge in [-0.3, -0.25) is 9.79 Å². The molecule has 0 saturated carbocycles. The van der Waals surface area contributed by atoms with E-state index in [2.05, 4.69) is 11.1 Å². The summed E-state index contributed by atoms with van der Waals surface area (Å²) in [5.74, 6) is -0.433. The van der Waals surface area contributed by atoms with Crippen LogP contribution in [0.3, 0.4) is 0 Å². The molecule has 2 aromatic rings. The Morgan fingerprint density at radius 1 is 1.18 bits per heavy atom. The van der Waals surface area contributed by atoms with Crippen molar-refractivity contribution in [2.75, 3.05) is 6.54 Å².